The Morgan fingerprint density at radius 1 is 1.10 bits per heavy atom. The van der Waals surface area contributed by atoms with E-state index in [0.29, 0.717) is 5.56 Å². The molecule has 1 aromatic carbocycles. The molecule has 0 unspecified atom stereocenters. The molecule has 0 saturated carbocycles. The lowest BCUT2D eigenvalue weighted by molar-refractivity contribution is 0.0689. The van der Waals surface area contributed by atoms with Gasteiger partial charge in [-0.15, -0.1) is 0 Å². The molecule has 0 aliphatic rings. The number of hydrogen-bond donors (Lipinski definition) is 1. The zero-order chi connectivity index (χ0) is 14.1. The molecule has 0 bridgehead atoms. The molecule has 3 rings (SSSR count). The molecule has 20 heavy (non-hydrogen) atoms. The molecule has 5 nitrogen and oxygen atoms in total. The van der Waals surface area contributed by atoms with Gasteiger partial charge >= 0.3 is 5.97 Å². The fourth-order valence-corrected chi connectivity index (χ4v) is 2.22. The number of aromatic carboxylic acids is 1. The molecule has 0 aliphatic carbocycles. The van der Waals surface area contributed by atoms with E-state index in [1.165, 1.54) is 0 Å². The first-order chi connectivity index (χ1) is 9.68. The quantitative estimate of drug-likeness (QED) is 0.793. The van der Waals surface area contributed by atoms with Crippen LogP contribution in [0.15, 0.2) is 54.9 Å². The van der Waals surface area contributed by atoms with Crippen molar-refractivity contribution in [2.24, 2.45) is 0 Å². The Balaban J connectivity index is 2.28. The molecule has 0 amide bonds. The summed E-state index contributed by atoms with van der Waals surface area (Å²) in [6.45, 7) is 1.77. The summed E-state index contributed by atoms with van der Waals surface area (Å²) in [5.74, 6) is -0.288. The normalized spacial score (nSPS) is 10.7. The summed E-state index contributed by atoms with van der Waals surface area (Å²) in [5.41, 5.74) is 1.53. The summed E-state index contributed by atoms with van der Waals surface area (Å²) < 4.78 is 3.51. The van der Waals surface area contributed by atoms with Gasteiger partial charge in [-0.05, 0) is 31.2 Å². The summed E-state index contributed by atoms with van der Waals surface area (Å²) in [6.07, 6.45) is 3.74. The highest BCUT2D eigenvalue weighted by molar-refractivity contribution is 5.88. The van der Waals surface area contributed by atoms with Crippen LogP contribution in [0.2, 0.25) is 0 Å². The molecule has 0 spiro atoms. The second kappa shape index (κ2) is 4.70. The van der Waals surface area contributed by atoms with Crippen LogP contribution in [0.4, 0.5) is 0 Å². The highest BCUT2D eigenvalue weighted by atomic mass is 16.4. The van der Waals surface area contributed by atoms with Crippen molar-refractivity contribution in [1.82, 2.24) is 14.3 Å². The largest absolute Gasteiger partial charge is 0.476 e. The molecule has 0 atom stereocenters. The average molecular weight is 267 g/mol. The zero-order valence-corrected chi connectivity index (χ0v) is 10.9. The van der Waals surface area contributed by atoms with E-state index in [-0.39, 0.29) is 5.69 Å². The number of rotatable bonds is 3. The standard InChI is InChI=1S/C15H13N3O2/c1-11-13(15(19)20)16-18(12-7-3-2-4-8-12)14(11)17-9-5-6-10-17/h2-10H,1H3,(H,19,20). The monoisotopic (exact) mass is 267 g/mol. The van der Waals surface area contributed by atoms with Crippen molar-refractivity contribution in [2.75, 3.05) is 0 Å². The Labute approximate surface area is 115 Å². The Hall–Kier alpha value is -2.82. The minimum Gasteiger partial charge on any atom is -0.476 e. The van der Waals surface area contributed by atoms with Crippen LogP contribution in [0, 0.1) is 6.92 Å². The van der Waals surface area contributed by atoms with Gasteiger partial charge in [-0.25, -0.2) is 9.48 Å². The van der Waals surface area contributed by atoms with Crippen LogP contribution in [0.3, 0.4) is 0 Å². The van der Waals surface area contributed by atoms with Gasteiger partial charge in [0.25, 0.3) is 0 Å². The Kier molecular flexibility index (Phi) is 2.87. The van der Waals surface area contributed by atoms with E-state index in [1.807, 2.05) is 59.4 Å². The van der Waals surface area contributed by atoms with E-state index in [0.717, 1.165) is 11.5 Å². The third kappa shape index (κ3) is 1.89. The van der Waals surface area contributed by atoms with Gasteiger partial charge in [0, 0.05) is 18.0 Å². The molecule has 3 aromatic rings. The van der Waals surface area contributed by atoms with Crippen LogP contribution >= 0.6 is 0 Å². The van der Waals surface area contributed by atoms with E-state index in [1.54, 1.807) is 11.6 Å². The molecular formula is C15H13N3O2. The molecule has 2 aromatic heterocycles. The van der Waals surface area contributed by atoms with E-state index >= 15 is 0 Å². The van der Waals surface area contributed by atoms with E-state index < -0.39 is 5.97 Å². The summed E-state index contributed by atoms with van der Waals surface area (Å²) in [6, 6.07) is 13.3. The predicted molar refractivity (Wildman–Crippen MR) is 74.6 cm³/mol. The Morgan fingerprint density at radius 3 is 2.35 bits per heavy atom. The Bertz CT molecular complexity index is 743. The highest BCUT2D eigenvalue weighted by Crippen LogP contribution is 2.22. The van der Waals surface area contributed by atoms with Crippen molar-refractivity contribution in [3.8, 4) is 11.5 Å². The van der Waals surface area contributed by atoms with Gasteiger partial charge in [0.1, 0.15) is 5.82 Å². The zero-order valence-electron chi connectivity index (χ0n) is 10.9. The van der Waals surface area contributed by atoms with Crippen molar-refractivity contribution < 1.29 is 9.90 Å². The molecule has 0 radical (unpaired) electrons. The summed E-state index contributed by atoms with van der Waals surface area (Å²) in [4.78, 5) is 11.3. The number of benzene rings is 1. The van der Waals surface area contributed by atoms with Crippen LogP contribution < -0.4 is 0 Å². The van der Waals surface area contributed by atoms with Crippen LogP contribution in [-0.4, -0.2) is 25.4 Å². The van der Waals surface area contributed by atoms with Crippen LogP contribution in [0.5, 0.6) is 0 Å². The van der Waals surface area contributed by atoms with Crippen molar-refractivity contribution in [1.29, 1.82) is 0 Å². The van der Waals surface area contributed by atoms with Gasteiger partial charge in [-0.2, -0.15) is 5.10 Å². The molecule has 0 saturated heterocycles. The average Bonchev–Trinajstić information content (AvgIpc) is 3.06. The predicted octanol–water partition coefficient (Wildman–Crippen LogP) is 2.67. The van der Waals surface area contributed by atoms with Gasteiger partial charge in [0.15, 0.2) is 5.69 Å². The summed E-state index contributed by atoms with van der Waals surface area (Å²) in [5, 5.41) is 13.5. The van der Waals surface area contributed by atoms with E-state index in [9.17, 15) is 9.90 Å². The third-order valence-electron chi connectivity index (χ3n) is 3.14. The topological polar surface area (TPSA) is 60.0 Å². The molecule has 0 aliphatic heterocycles. The second-order valence-corrected chi connectivity index (χ2v) is 4.44. The van der Waals surface area contributed by atoms with Gasteiger partial charge in [-0.1, -0.05) is 18.2 Å². The first-order valence-electron chi connectivity index (χ1n) is 6.20. The number of hydrogen-bond acceptors (Lipinski definition) is 2. The van der Waals surface area contributed by atoms with Crippen LogP contribution in [0.25, 0.3) is 11.5 Å². The second-order valence-electron chi connectivity index (χ2n) is 4.44. The lowest BCUT2D eigenvalue weighted by Crippen LogP contribution is -2.05. The van der Waals surface area contributed by atoms with E-state index in [4.69, 9.17) is 0 Å². The molecule has 0 fully saturated rings. The molecule has 1 N–H and O–H groups in total. The highest BCUT2D eigenvalue weighted by Gasteiger charge is 2.20. The van der Waals surface area contributed by atoms with Gasteiger partial charge < -0.3 is 9.67 Å². The molecule has 5 heteroatoms. The third-order valence-corrected chi connectivity index (χ3v) is 3.14. The minimum absolute atomic E-state index is 0.0672. The maximum atomic E-state index is 11.3. The van der Waals surface area contributed by atoms with Crippen molar-refractivity contribution in [2.45, 2.75) is 6.92 Å². The number of carbonyl (C=O) groups is 1. The first kappa shape index (κ1) is 12.2. The number of nitrogens with zero attached hydrogens (tertiary/aromatic N) is 3. The van der Waals surface area contributed by atoms with Crippen molar-refractivity contribution in [3.05, 3.63) is 66.1 Å². The Morgan fingerprint density at radius 2 is 1.75 bits per heavy atom. The van der Waals surface area contributed by atoms with Gasteiger partial charge in [0.2, 0.25) is 0 Å². The molecule has 100 valence electrons. The first-order valence-corrected chi connectivity index (χ1v) is 6.20. The maximum absolute atomic E-state index is 11.3. The number of para-hydroxylation sites is 1. The number of carboxylic acid groups (broad SMARTS) is 1. The number of carboxylic acids is 1. The lowest BCUT2D eigenvalue weighted by Gasteiger charge is -2.09. The smallest absolute Gasteiger partial charge is 0.356 e. The van der Waals surface area contributed by atoms with Crippen LogP contribution in [-0.2, 0) is 0 Å². The SMILES string of the molecule is Cc1c(C(=O)O)nn(-c2ccccc2)c1-n1cccc1. The van der Waals surface area contributed by atoms with Crippen molar-refractivity contribution in [3.63, 3.8) is 0 Å². The van der Waals surface area contributed by atoms with Crippen LogP contribution in [0.1, 0.15) is 16.1 Å². The summed E-state index contributed by atoms with van der Waals surface area (Å²) >= 11 is 0. The molecule has 2 heterocycles. The summed E-state index contributed by atoms with van der Waals surface area (Å²) in [7, 11) is 0. The fourth-order valence-electron chi connectivity index (χ4n) is 2.22. The lowest BCUT2D eigenvalue weighted by atomic mass is 10.2. The molecular weight excluding hydrogens is 254 g/mol. The van der Waals surface area contributed by atoms with Crippen molar-refractivity contribution >= 4 is 5.97 Å². The minimum atomic E-state index is -1.02. The number of aromatic nitrogens is 3. The van der Waals surface area contributed by atoms with E-state index in [2.05, 4.69) is 5.10 Å². The maximum Gasteiger partial charge on any atom is 0.356 e. The van der Waals surface area contributed by atoms with Gasteiger partial charge in [0.05, 0.1) is 5.69 Å². The van der Waals surface area contributed by atoms with Gasteiger partial charge in [-0.3, -0.25) is 0 Å². The fraction of sp³-hybridized carbons (Fsp3) is 0.0667.